The first-order chi connectivity index (χ1) is 10.4. The molecule has 0 aromatic heterocycles. The highest BCUT2D eigenvalue weighted by Crippen LogP contribution is 2.21. The van der Waals surface area contributed by atoms with Crippen LogP contribution in [0.2, 0.25) is 0 Å². The molecule has 0 aliphatic rings. The number of hydrogen-bond acceptors (Lipinski definition) is 5. The lowest BCUT2D eigenvalue weighted by Gasteiger charge is -2.13. The SMILES string of the molecule is COC(=O)NC(=S)Nc1ccccc1NC(=O)CCC(=O)O. The number of carboxylic acid groups (broad SMARTS) is 1. The second kappa shape index (κ2) is 8.57. The van der Waals surface area contributed by atoms with Gasteiger partial charge in [-0.25, -0.2) is 4.79 Å². The summed E-state index contributed by atoms with van der Waals surface area (Å²) in [6.45, 7) is 0. The maximum absolute atomic E-state index is 11.7. The number of carboxylic acids is 1. The fourth-order valence-electron chi connectivity index (χ4n) is 1.43. The molecule has 8 nitrogen and oxygen atoms in total. The van der Waals surface area contributed by atoms with Crippen molar-refractivity contribution in [2.75, 3.05) is 17.7 Å². The van der Waals surface area contributed by atoms with Gasteiger partial charge in [0.1, 0.15) is 0 Å². The van der Waals surface area contributed by atoms with Crippen molar-refractivity contribution in [2.24, 2.45) is 0 Å². The summed E-state index contributed by atoms with van der Waals surface area (Å²) in [4.78, 5) is 33.1. The number of amides is 2. The van der Waals surface area contributed by atoms with Crippen LogP contribution in [0.25, 0.3) is 0 Å². The maximum atomic E-state index is 11.7. The van der Waals surface area contributed by atoms with Crippen LogP contribution in [-0.2, 0) is 14.3 Å². The highest BCUT2D eigenvalue weighted by atomic mass is 32.1. The van der Waals surface area contributed by atoms with Crippen molar-refractivity contribution in [3.8, 4) is 0 Å². The first-order valence-electron chi connectivity index (χ1n) is 6.19. The standard InChI is InChI=1S/C13H15N3O5S/c1-21-13(20)16-12(22)15-9-5-3-2-4-8(9)14-10(17)6-7-11(18)19/h2-5H,6-7H2,1H3,(H,14,17)(H,18,19)(H2,15,16,20,22). The van der Waals surface area contributed by atoms with Gasteiger partial charge in [-0.05, 0) is 24.4 Å². The molecule has 0 bridgehead atoms. The van der Waals surface area contributed by atoms with Crippen LogP contribution in [0.4, 0.5) is 16.2 Å². The molecule has 9 heteroatoms. The van der Waals surface area contributed by atoms with Gasteiger partial charge in [0.05, 0.1) is 24.9 Å². The van der Waals surface area contributed by atoms with Crippen molar-refractivity contribution in [1.82, 2.24) is 5.32 Å². The van der Waals surface area contributed by atoms with Crippen molar-refractivity contribution in [3.63, 3.8) is 0 Å². The normalized spacial score (nSPS) is 9.50. The van der Waals surface area contributed by atoms with Crippen LogP contribution in [0.15, 0.2) is 24.3 Å². The van der Waals surface area contributed by atoms with Crippen molar-refractivity contribution >= 4 is 46.7 Å². The van der Waals surface area contributed by atoms with E-state index in [-0.39, 0.29) is 18.0 Å². The van der Waals surface area contributed by atoms with Crippen LogP contribution in [0.5, 0.6) is 0 Å². The fraction of sp³-hybridized carbons (Fsp3) is 0.231. The molecule has 0 saturated carbocycles. The molecule has 4 N–H and O–H groups in total. The van der Waals surface area contributed by atoms with Crippen LogP contribution in [0, 0.1) is 0 Å². The van der Waals surface area contributed by atoms with E-state index < -0.39 is 18.0 Å². The van der Waals surface area contributed by atoms with E-state index in [1.54, 1.807) is 24.3 Å². The topological polar surface area (TPSA) is 117 Å². The second-order valence-electron chi connectivity index (χ2n) is 4.06. The minimum absolute atomic E-state index is 0.000847. The van der Waals surface area contributed by atoms with E-state index in [2.05, 4.69) is 20.7 Å². The monoisotopic (exact) mass is 325 g/mol. The summed E-state index contributed by atoms with van der Waals surface area (Å²) in [5.74, 6) is -1.49. The zero-order chi connectivity index (χ0) is 16.5. The van der Waals surface area contributed by atoms with E-state index in [0.29, 0.717) is 11.4 Å². The summed E-state index contributed by atoms with van der Waals surface area (Å²) < 4.78 is 4.40. The maximum Gasteiger partial charge on any atom is 0.413 e. The van der Waals surface area contributed by atoms with Gasteiger partial charge in [-0.3, -0.25) is 14.9 Å². The number of rotatable bonds is 5. The molecule has 0 atom stereocenters. The Balaban J connectivity index is 2.69. The van der Waals surface area contributed by atoms with Crippen LogP contribution < -0.4 is 16.0 Å². The van der Waals surface area contributed by atoms with E-state index in [4.69, 9.17) is 17.3 Å². The minimum atomic E-state index is -1.05. The quantitative estimate of drug-likeness (QED) is 0.607. The number of hydrogen-bond donors (Lipinski definition) is 4. The van der Waals surface area contributed by atoms with Gasteiger partial charge in [0.15, 0.2) is 5.11 Å². The molecule has 0 saturated heterocycles. The second-order valence-corrected chi connectivity index (χ2v) is 4.47. The Hall–Kier alpha value is -2.68. The molecular weight excluding hydrogens is 310 g/mol. The lowest BCUT2D eigenvalue weighted by Crippen LogP contribution is -2.34. The van der Waals surface area contributed by atoms with E-state index in [1.165, 1.54) is 7.11 Å². The van der Waals surface area contributed by atoms with E-state index in [9.17, 15) is 14.4 Å². The number of benzene rings is 1. The molecule has 0 aliphatic carbocycles. The number of thiocarbonyl (C=S) groups is 1. The van der Waals surface area contributed by atoms with Gasteiger partial charge in [0.2, 0.25) is 5.91 Å². The Morgan fingerprint density at radius 1 is 1.14 bits per heavy atom. The third-order valence-electron chi connectivity index (χ3n) is 2.42. The van der Waals surface area contributed by atoms with E-state index in [0.717, 1.165) is 0 Å². The Morgan fingerprint density at radius 3 is 2.27 bits per heavy atom. The zero-order valence-corrected chi connectivity index (χ0v) is 12.5. The molecule has 0 fully saturated rings. The largest absolute Gasteiger partial charge is 0.481 e. The summed E-state index contributed by atoms with van der Waals surface area (Å²) in [6.07, 6.45) is -1.13. The Kier molecular flexibility index (Phi) is 6.77. The predicted molar refractivity (Wildman–Crippen MR) is 83.7 cm³/mol. The minimum Gasteiger partial charge on any atom is -0.481 e. The van der Waals surface area contributed by atoms with Gasteiger partial charge in [-0.1, -0.05) is 12.1 Å². The molecule has 22 heavy (non-hydrogen) atoms. The third-order valence-corrected chi connectivity index (χ3v) is 2.62. The van der Waals surface area contributed by atoms with Crippen molar-refractivity contribution < 1.29 is 24.2 Å². The summed E-state index contributed by atoms with van der Waals surface area (Å²) in [7, 11) is 1.20. The number of nitrogens with one attached hydrogen (secondary N) is 3. The number of anilines is 2. The highest BCUT2D eigenvalue weighted by molar-refractivity contribution is 7.80. The summed E-state index contributed by atoms with van der Waals surface area (Å²) in [5.41, 5.74) is 0.861. The molecule has 2 amide bonds. The predicted octanol–water partition coefficient (Wildman–Crippen LogP) is 1.54. The Labute approximate surface area is 131 Å². The van der Waals surface area contributed by atoms with Gasteiger partial charge < -0.3 is 20.5 Å². The van der Waals surface area contributed by atoms with Crippen LogP contribution in [0.1, 0.15) is 12.8 Å². The van der Waals surface area contributed by atoms with Crippen molar-refractivity contribution in [3.05, 3.63) is 24.3 Å². The summed E-state index contributed by atoms with van der Waals surface area (Å²) >= 11 is 4.92. The van der Waals surface area contributed by atoms with Crippen molar-refractivity contribution in [1.29, 1.82) is 0 Å². The molecule has 0 unspecified atom stereocenters. The molecule has 0 aliphatic heterocycles. The number of methoxy groups -OCH3 is 1. The smallest absolute Gasteiger partial charge is 0.413 e. The number of aliphatic carboxylic acids is 1. The molecule has 0 radical (unpaired) electrons. The van der Waals surface area contributed by atoms with Crippen molar-refractivity contribution in [2.45, 2.75) is 12.8 Å². The average molecular weight is 325 g/mol. The molecule has 0 spiro atoms. The zero-order valence-electron chi connectivity index (χ0n) is 11.7. The Morgan fingerprint density at radius 2 is 1.73 bits per heavy atom. The van der Waals surface area contributed by atoms with E-state index >= 15 is 0 Å². The fourth-order valence-corrected chi connectivity index (χ4v) is 1.62. The number of carbonyl (C=O) groups is 3. The number of ether oxygens (including phenoxy) is 1. The Bertz CT molecular complexity index is 591. The lowest BCUT2D eigenvalue weighted by atomic mass is 10.2. The van der Waals surface area contributed by atoms with Gasteiger partial charge >= 0.3 is 12.1 Å². The third kappa shape index (κ3) is 6.18. The number of alkyl carbamates (subject to hydrolysis) is 1. The summed E-state index contributed by atoms with van der Waals surface area (Å²) in [5, 5.41) is 16.1. The lowest BCUT2D eigenvalue weighted by molar-refractivity contribution is -0.138. The number of para-hydroxylation sites is 2. The molecular formula is C13H15N3O5S. The van der Waals surface area contributed by atoms with Gasteiger partial charge in [-0.2, -0.15) is 0 Å². The molecule has 1 aromatic carbocycles. The first-order valence-corrected chi connectivity index (χ1v) is 6.60. The summed E-state index contributed by atoms with van der Waals surface area (Å²) in [6, 6.07) is 6.64. The molecule has 1 rings (SSSR count). The van der Waals surface area contributed by atoms with Crippen LogP contribution >= 0.6 is 12.2 Å². The molecule has 0 heterocycles. The van der Waals surface area contributed by atoms with Gasteiger partial charge in [-0.15, -0.1) is 0 Å². The molecule has 118 valence electrons. The molecule has 1 aromatic rings. The number of carbonyl (C=O) groups excluding carboxylic acids is 2. The average Bonchev–Trinajstić information content (AvgIpc) is 2.47. The van der Waals surface area contributed by atoms with Crippen LogP contribution in [0.3, 0.4) is 0 Å². The van der Waals surface area contributed by atoms with Gasteiger partial charge in [0.25, 0.3) is 0 Å². The highest BCUT2D eigenvalue weighted by Gasteiger charge is 2.10. The van der Waals surface area contributed by atoms with E-state index in [1.807, 2.05) is 0 Å². The van der Waals surface area contributed by atoms with Crippen LogP contribution in [-0.4, -0.2) is 35.3 Å². The van der Waals surface area contributed by atoms with Gasteiger partial charge in [0, 0.05) is 6.42 Å². The first kappa shape index (κ1) is 17.4.